The molecule has 94 valence electrons. The largest absolute Gasteiger partial charge is 0.494 e. The summed E-state index contributed by atoms with van der Waals surface area (Å²) < 4.78 is 7.47. The molecule has 0 fully saturated rings. The average Bonchev–Trinajstić information content (AvgIpc) is 2.79. The maximum absolute atomic E-state index is 12.5. The Morgan fingerprint density at radius 2 is 2.28 bits per heavy atom. The molecular weight excluding hydrogens is 298 g/mol. The molecule has 0 aliphatic carbocycles. The van der Waals surface area contributed by atoms with E-state index in [0.717, 1.165) is 0 Å². The summed E-state index contributed by atoms with van der Waals surface area (Å²) in [4.78, 5) is 16.4. The molecule has 18 heavy (non-hydrogen) atoms. The standard InChI is InChI=1S/C12H12BrN3O2/c1-3-16-11(9(13)6-15-16)12(17)8-4-5-14-7-10(8)18-2/h4-7H,3H2,1-2H3. The number of methoxy groups -OCH3 is 1. The second-order valence-electron chi connectivity index (χ2n) is 3.56. The van der Waals surface area contributed by atoms with E-state index < -0.39 is 0 Å². The number of aryl methyl sites for hydroxylation is 1. The predicted molar refractivity (Wildman–Crippen MR) is 69.8 cm³/mol. The first-order valence-corrected chi connectivity index (χ1v) is 6.22. The minimum Gasteiger partial charge on any atom is -0.494 e. The number of hydrogen-bond donors (Lipinski definition) is 0. The molecule has 0 radical (unpaired) electrons. The average molecular weight is 310 g/mol. The van der Waals surface area contributed by atoms with E-state index in [2.05, 4.69) is 26.0 Å². The van der Waals surface area contributed by atoms with Gasteiger partial charge in [-0.05, 0) is 28.9 Å². The number of rotatable bonds is 4. The first-order valence-electron chi connectivity index (χ1n) is 5.43. The van der Waals surface area contributed by atoms with Gasteiger partial charge in [0.05, 0.1) is 29.5 Å². The van der Waals surface area contributed by atoms with Crippen molar-refractivity contribution in [3.05, 3.63) is 40.4 Å². The van der Waals surface area contributed by atoms with Gasteiger partial charge in [-0.3, -0.25) is 14.5 Å². The van der Waals surface area contributed by atoms with Crippen molar-refractivity contribution in [1.82, 2.24) is 14.8 Å². The van der Waals surface area contributed by atoms with E-state index >= 15 is 0 Å². The van der Waals surface area contributed by atoms with Crippen molar-refractivity contribution < 1.29 is 9.53 Å². The zero-order valence-corrected chi connectivity index (χ0v) is 11.6. The van der Waals surface area contributed by atoms with Crippen LogP contribution >= 0.6 is 15.9 Å². The van der Waals surface area contributed by atoms with E-state index in [1.807, 2.05) is 6.92 Å². The normalized spacial score (nSPS) is 10.4. The highest BCUT2D eigenvalue weighted by Crippen LogP contribution is 2.24. The van der Waals surface area contributed by atoms with Crippen molar-refractivity contribution in [2.75, 3.05) is 7.11 Å². The molecule has 0 bridgehead atoms. The van der Waals surface area contributed by atoms with E-state index in [0.29, 0.717) is 28.0 Å². The molecule has 0 spiro atoms. The van der Waals surface area contributed by atoms with E-state index in [1.54, 1.807) is 23.1 Å². The Bertz CT molecular complexity index is 580. The number of pyridine rings is 1. The molecule has 0 saturated carbocycles. The molecule has 5 nitrogen and oxygen atoms in total. The minimum atomic E-state index is -0.138. The minimum absolute atomic E-state index is 0.138. The van der Waals surface area contributed by atoms with Crippen LogP contribution in [0.4, 0.5) is 0 Å². The van der Waals surface area contributed by atoms with Gasteiger partial charge in [0.25, 0.3) is 0 Å². The molecule has 0 saturated heterocycles. The van der Waals surface area contributed by atoms with Gasteiger partial charge in [0.15, 0.2) is 0 Å². The lowest BCUT2D eigenvalue weighted by Crippen LogP contribution is -2.12. The second kappa shape index (κ2) is 5.30. The summed E-state index contributed by atoms with van der Waals surface area (Å²) in [6.45, 7) is 2.56. The van der Waals surface area contributed by atoms with Crippen molar-refractivity contribution in [2.45, 2.75) is 13.5 Å². The van der Waals surface area contributed by atoms with Crippen LogP contribution in [0.1, 0.15) is 23.0 Å². The molecule has 2 aromatic rings. The van der Waals surface area contributed by atoms with E-state index in [-0.39, 0.29) is 5.78 Å². The topological polar surface area (TPSA) is 57.0 Å². The molecule has 0 atom stereocenters. The molecule has 0 aliphatic rings. The predicted octanol–water partition coefficient (Wildman–Crippen LogP) is 2.30. The van der Waals surface area contributed by atoms with Crippen LogP contribution in [0.15, 0.2) is 29.1 Å². The van der Waals surface area contributed by atoms with E-state index in [9.17, 15) is 4.79 Å². The Hall–Kier alpha value is -1.69. The third-order valence-corrected chi connectivity index (χ3v) is 3.14. The molecule has 2 heterocycles. The lowest BCUT2D eigenvalue weighted by molar-refractivity contribution is 0.102. The summed E-state index contributed by atoms with van der Waals surface area (Å²) >= 11 is 3.34. The summed E-state index contributed by atoms with van der Waals surface area (Å²) in [6, 6.07) is 1.64. The van der Waals surface area contributed by atoms with Crippen molar-refractivity contribution in [1.29, 1.82) is 0 Å². The summed E-state index contributed by atoms with van der Waals surface area (Å²) in [5, 5.41) is 4.13. The van der Waals surface area contributed by atoms with Gasteiger partial charge < -0.3 is 4.74 Å². The fourth-order valence-electron chi connectivity index (χ4n) is 1.69. The maximum Gasteiger partial charge on any atom is 0.216 e. The van der Waals surface area contributed by atoms with Gasteiger partial charge in [-0.15, -0.1) is 0 Å². The Morgan fingerprint density at radius 1 is 1.50 bits per heavy atom. The highest BCUT2D eigenvalue weighted by molar-refractivity contribution is 9.10. The van der Waals surface area contributed by atoms with Gasteiger partial charge >= 0.3 is 0 Å². The fraction of sp³-hybridized carbons (Fsp3) is 0.250. The van der Waals surface area contributed by atoms with Crippen molar-refractivity contribution in [3.63, 3.8) is 0 Å². The molecule has 0 unspecified atom stereocenters. The summed E-state index contributed by atoms with van der Waals surface area (Å²) in [5.41, 5.74) is 0.991. The Labute approximate surface area is 113 Å². The Morgan fingerprint density at radius 3 is 2.94 bits per heavy atom. The van der Waals surface area contributed by atoms with E-state index in [4.69, 9.17) is 4.74 Å². The first kappa shape index (κ1) is 12.8. The monoisotopic (exact) mass is 309 g/mol. The SMILES string of the molecule is CCn1ncc(Br)c1C(=O)c1ccncc1OC. The quantitative estimate of drug-likeness (QED) is 0.813. The van der Waals surface area contributed by atoms with E-state index in [1.165, 1.54) is 13.3 Å². The molecule has 0 aromatic carbocycles. The smallest absolute Gasteiger partial charge is 0.216 e. The molecule has 0 amide bonds. The first-order chi connectivity index (χ1) is 8.69. The number of ether oxygens (including phenoxy) is 1. The molecule has 0 N–H and O–H groups in total. The lowest BCUT2D eigenvalue weighted by Gasteiger charge is -2.08. The zero-order valence-electron chi connectivity index (χ0n) is 10.1. The Balaban J connectivity index is 2.51. The summed E-state index contributed by atoms with van der Waals surface area (Å²) in [7, 11) is 1.51. The molecular formula is C12H12BrN3O2. The van der Waals surface area contributed by atoms with Gasteiger partial charge in [-0.1, -0.05) is 0 Å². The number of ketones is 1. The highest BCUT2D eigenvalue weighted by atomic mass is 79.9. The lowest BCUT2D eigenvalue weighted by atomic mass is 10.1. The van der Waals surface area contributed by atoms with Crippen molar-refractivity contribution in [2.24, 2.45) is 0 Å². The van der Waals surface area contributed by atoms with Crippen LogP contribution in [-0.2, 0) is 6.54 Å². The van der Waals surface area contributed by atoms with Gasteiger partial charge in [0.1, 0.15) is 11.4 Å². The van der Waals surface area contributed by atoms with Crippen LogP contribution < -0.4 is 4.74 Å². The highest BCUT2D eigenvalue weighted by Gasteiger charge is 2.21. The van der Waals surface area contributed by atoms with Gasteiger partial charge in [-0.25, -0.2) is 0 Å². The number of nitrogens with zero attached hydrogens (tertiary/aromatic N) is 3. The second-order valence-corrected chi connectivity index (χ2v) is 4.42. The Kier molecular flexibility index (Phi) is 3.76. The number of carbonyl (C=O) groups excluding carboxylic acids is 1. The summed E-state index contributed by atoms with van der Waals surface area (Å²) in [6.07, 6.45) is 4.70. The van der Waals surface area contributed by atoms with Crippen LogP contribution in [0.3, 0.4) is 0 Å². The summed E-state index contributed by atoms with van der Waals surface area (Å²) in [5.74, 6) is 0.318. The maximum atomic E-state index is 12.5. The molecule has 0 aliphatic heterocycles. The van der Waals surface area contributed by atoms with Crippen LogP contribution in [0.5, 0.6) is 5.75 Å². The third kappa shape index (κ3) is 2.15. The zero-order chi connectivity index (χ0) is 13.1. The van der Waals surface area contributed by atoms with Gasteiger partial charge in [0.2, 0.25) is 5.78 Å². The van der Waals surface area contributed by atoms with Crippen LogP contribution in [-0.4, -0.2) is 27.7 Å². The van der Waals surface area contributed by atoms with Crippen LogP contribution in [0, 0.1) is 0 Å². The molecule has 2 aromatic heterocycles. The molecule has 2 rings (SSSR count). The van der Waals surface area contributed by atoms with Gasteiger partial charge in [-0.2, -0.15) is 5.10 Å². The number of carbonyl (C=O) groups is 1. The number of halogens is 1. The van der Waals surface area contributed by atoms with Crippen molar-refractivity contribution in [3.8, 4) is 5.75 Å². The number of aromatic nitrogens is 3. The number of hydrogen-bond acceptors (Lipinski definition) is 4. The van der Waals surface area contributed by atoms with Crippen LogP contribution in [0.2, 0.25) is 0 Å². The van der Waals surface area contributed by atoms with Crippen LogP contribution in [0.25, 0.3) is 0 Å². The van der Waals surface area contributed by atoms with Gasteiger partial charge in [0, 0.05) is 12.7 Å². The molecule has 6 heteroatoms. The fourth-order valence-corrected chi connectivity index (χ4v) is 2.16. The van der Waals surface area contributed by atoms with Crippen molar-refractivity contribution >= 4 is 21.7 Å². The third-order valence-electron chi connectivity index (χ3n) is 2.56.